The van der Waals surface area contributed by atoms with Crippen LogP contribution in [0.1, 0.15) is 59.3 Å². The van der Waals surface area contributed by atoms with Crippen LogP contribution in [0.5, 0.6) is 0 Å². The van der Waals surface area contributed by atoms with E-state index in [9.17, 15) is 0 Å². The van der Waals surface area contributed by atoms with Crippen LogP contribution in [0, 0.1) is 17.8 Å². The molecule has 0 amide bonds. The lowest BCUT2D eigenvalue weighted by Crippen LogP contribution is -2.38. The highest BCUT2D eigenvalue weighted by atomic mass is 15.2. The van der Waals surface area contributed by atoms with E-state index in [0.717, 1.165) is 17.8 Å². The summed E-state index contributed by atoms with van der Waals surface area (Å²) in [6.45, 7) is 15.2. The van der Waals surface area contributed by atoms with Gasteiger partial charge in [0.1, 0.15) is 0 Å². The Morgan fingerprint density at radius 1 is 0.850 bits per heavy atom. The van der Waals surface area contributed by atoms with Gasteiger partial charge < -0.3 is 9.80 Å². The van der Waals surface area contributed by atoms with Gasteiger partial charge in [0.2, 0.25) is 0 Å². The van der Waals surface area contributed by atoms with E-state index < -0.39 is 0 Å². The molecule has 0 radical (unpaired) electrons. The van der Waals surface area contributed by atoms with Crippen molar-refractivity contribution in [3.63, 3.8) is 0 Å². The molecule has 0 aromatic heterocycles. The zero-order valence-corrected chi connectivity index (χ0v) is 14.1. The van der Waals surface area contributed by atoms with Crippen LogP contribution in [-0.4, -0.2) is 49.1 Å². The number of likely N-dealkylation sites (tertiary alicyclic amines) is 2. The zero-order chi connectivity index (χ0) is 14.4. The molecular formula is C18H36N2. The molecule has 2 heteroatoms. The molecule has 0 saturated carbocycles. The normalized spacial score (nSPS) is 24.6. The molecule has 0 aromatic rings. The van der Waals surface area contributed by atoms with Gasteiger partial charge in [0.05, 0.1) is 0 Å². The molecule has 118 valence electrons. The van der Waals surface area contributed by atoms with Crippen LogP contribution in [0.25, 0.3) is 0 Å². The van der Waals surface area contributed by atoms with Gasteiger partial charge in [-0.3, -0.25) is 0 Å². The first kappa shape index (κ1) is 16.3. The quantitative estimate of drug-likeness (QED) is 0.729. The van der Waals surface area contributed by atoms with E-state index in [4.69, 9.17) is 0 Å². The van der Waals surface area contributed by atoms with Gasteiger partial charge in [-0.1, -0.05) is 27.2 Å². The summed E-state index contributed by atoms with van der Waals surface area (Å²) in [6, 6.07) is 0. The Labute approximate surface area is 126 Å². The molecule has 0 N–H and O–H groups in total. The summed E-state index contributed by atoms with van der Waals surface area (Å²) in [5.41, 5.74) is 0. The fourth-order valence-corrected chi connectivity index (χ4v) is 3.98. The Hall–Kier alpha value is -0.0800. The number of rotatable bonds is 6. The minimum absolute atomic E-state index is 0.886. The Kier molecular flexibility index (Phi) is 6.83. The molecule has 0 aromatic carbocycles. The van der Waals surface area contributed by atoms with Crippen molar-refractivity contribution in [3.8, 4) is 0 Å². The van der Waals surface area contributed by atoms with Crippen LogP contribution >= 0.6 is 0 Å². The van der Waals surface area contributed by atoms with E-state index >= 15 is 0 Å². The molecule has 20 heavy (non-hydrogen) atoms. The Bertz CT molecular complexity index is 248. The maximum absolute atomic E-state index is 2.71. The summed E-state index contributed by atoms with van der Waals surface area (Å²) < 4.78 is 0. The van der Waals surface area contributed by atoms with E-state index in [1.54, 1.807) is 0 Å². The number of hydrogen-bond acceptors (Lipinski definition) is 2. The Morgan fingerprint density at radius 3 is 1.80 bits per heavy atom. The molecule has 2 heterocycles. The van der Waals surface area contributed by atoms with Crippen LogP contribution in [0.3, 0.4) is 0 Å². The highest BCUT2D eigenvalue weighted by Crippen LogP contribution is 2.24. The minimum atomic E-state index is 0.886. The summed E-state index contributed by atoms with van der Waals surface area (Å²) in [5.74, 6) is 2.89. The molecular weight excluding hydrogens is 244 g/mol. The van der Waals surface area contributed by atoms with Gasteiger partial charge in [-0.2, -0.15) is 0 Å². The summed E-state index contributed by atoms with van der Waals surface area (Å²) >= 11 is 0. The van der Waals surface area contributed by atoms with Crippen LogP contribution in [0.2, 0.25) is 0 Å². The van der Waals surface area contributed by atoms with Gasteiger partial charge in [-0.05, 0) is 89.1 Å². The van der Waals surface area contributed by atoms with Gasteiger partial charge in [-0.25, -0.2) is 0 Å². The summed E-state index contributed by atoms with van der Waals surface area (Å²) in [5, 5.41) is 0. The second kappa shape index (κ2) is 8.38. The number of nitrogens with zero attached hydrogens (tertiary/aromatic N) is 2. The average Bonchev–Trinajstić information content (AvgIpc) is 2.48. The van der Waals surface area contributed by atoms with Crippen molar-refractivity contribution in [2.24, 2.45) is 17.8 Å². The molecule has 2 aliphatic rings. The van der Waals surface area contributed by atoms with Gasteiger partial charge in [0, 0.05) is 0 Å². The molecule has 0 aliphatic carbocycles. The third kappa shape index (κ3) is 5.04. The lowest BCUT2D eigenvalue weighted by Gasteiger charge is -2.35. The second-order valence-electron chi connectivity index (χ2n) is 7.47. The summed E-state index contributed by atoms with van der Waals surface area (Å²) in [4.78, 5) is 5.41. The monoisotopic (exact) mass is 280 g/mol. The van der Waals surface area contributed by atoms with Crippen molar-refractivity contribution >= 4 is 0 Å². The summed E-state index contributed by atoms with van der Waals surface area (Å²) in [7, 11) is 0. The van der Waals surface area contributed by atoms with Crippen LogP contribution in [0.4, 0.5) is 0 Å². The van der Waals surface area contributed by atoms with Crippen molar-refractivity contribution in [1.29, 1.82) is 0 Å². The van der Waals surface area contributed by atoms with Crippen molar-refractivity contribution in [2.75, 3.05) is 39.3 Å². The third-order valence-electron chi connectivity index (χ3n) is 5.81. The maximum atomic E-state index is 2.71. The lowest BCUT2D eigenvalue weighted by atomic mass is 9.87. The van der Waals surface area contributed by atoms with E-state index in [0.29, 0.717) is 0 Å². The highest BCUT2D eigenvalue weighted by Gasteiger charge is 2.21. The van der Waals surface area contributed by atoms with Gasteiger partial charge in [0.15, 0.2) is 0 Å². The Morgan fingerprint density at radius 2 is 1.35 bits per heavy atom. The standard InChI is InChI=1S/C18H36N2/c1-4-17-6-12-19(13-7-17)10-5-11-20-14-8-18(9-15-20)16(2)3/h16-18H,4-15H2,1-3H3. The second-order valence-corrected chi connectivity index (χ2v) is 7.47. The first-order valence-electron chi connectivity index (χ1n) is 9.13. The van der Waals surface area contributed by atoms with E-state index in [-0.39, 0.29) is 0 Å². The van der Waals surface area contributed by atoms with Crippen LogP contribution in [0.15, 0.2) is 0 Å². The smallest absolute Gasteiger partial charge is 0.000654 e. The molecule has 2 nitrogen and oxygen atoms in total. The minimum Gasteiger partial charge on any atom is -0.303 e. The predicted molar refractivity (Wildman–Crippen MR) is 88.1 cm³/mol. The van der Waals surface area contributed by atoms with E-state index in [2.05, 4.69) is 30.6 Å². The Balaban J connectivity index is 1.54. The van der Waals surface area contributed by atoms with Gasteiger partial charge in [-0.15, -0.1) is 0 Å². The molecule has 2 aliphatic heterocycles. The third-order valence-corrected chi connectivity index (χ3v) is 5.81. The van der Waals surface area contributed by atoms with Gasteiger partial charge >= 0.3 is 0 Å². The molecule has 0 spiro atoms. The maximum Gasteiger partial charge on any atom is -0.000654 e. The number of piperidine rings is 2. The van der Waals surface area contributed by atoms with Crippen LogP contribution in [-0.2, 0) is 0 Å². The molecule has 2 fully saturated rings. The van der Waals surface area contributed by atoms with Crippen molar-refractivity contribution in [2.45, 2.75) is 59.3 Å². The predicted octanol–water partition coefficient (Wildman–Crippen LogP) is 3.87. The fourth-order valence-electron chi connectivity index (χ4n) is 3.98. The van der Waals surface area contributed by atoms with Crippen molar-refractivity contribution < 1.29 is 0 Å². The van der Waals surface area contributed by atoms with Crippen molar-refractivity contribution in [1.82, 2.24) is 9.80 Å². The van der Waals surface area contributed by atoms with Crippen molar-refractivity contribution in [3.05, 3.63) is 0 Å². The first-order chi connectivity index (χ1) is 9.69. The zero-order valence-electron chi connectivity index (χ0n) is 14.1. The first-order valence-corrected chi connectivity index (χ1v) is 9.13. The molecule has 0 atom stereocenters. The fraction of sp³-hybridized carbons (Fsp3) is 1.00. The van der Waals surface area contributed by atoms with Crippen LogP contribution < -0.4 is 0 Å². The SMILES string of the molecule is CCC1CCN(CCCN2CCC(C(C)C)CC2)CC1. The van der Waals surface area contributed by atoms with E-state index in [1.807, 2.05) is 0 Å². The molecule has 0 unspecified atom stereocenters. The molecule has 2 saturated heterocycles. The summed E-state index contributed by atoms with van der Waals surface area (Å²) in [6.07, 6.45) is 8.51. The largest absolute Gasteiger partial charge is 0.303 e. The van der Waals surface area contributed by atoms with E-state index in [1.165, 1.54) is 77.8 Å². The van der Waals surface area contributed by atoms with Gasteiger partial charge in [0.25, 0.3) is 0 Å². The topological polar surface area (TPSA) is 6.48 Å². The molecule has 0 bridgehead atoms. The number of hydrogen-bond donors (Lipinski definition) is 0. The highest BCUT2D eigenvalue weighted by molar-refractivity contribution is 4.75. The molecule has 2 rings (SSSR count). The average molecular weight is 281 g/mol. The lowest BCUT2D eigenvalue weighted by molar-refractivity contribution is 0.139.